The first-order valence-corrected chi connectivity index (χ1v) is 7.52. The van der Waals surface area contributed by atoms with Gasteiger partial charge in [0, 0.05) is 43.8 Å². The highest BCUT2D eigenvalue weighted by atomic mass is 79.9. The molecule has 6 heteroatoms. The van der Waals surface area contributed by atoms with E-state index < -0.39 is 6.09 Å². The first-order chi connectivity index (χ1) is 9.38. The van der Waals surface area contributed by atoms with Crippen LogP contribution >= 0.6 is 15.9 Å². The van der Waals surface area contributed by atoms with Crippen molar-refractivity contribution < 1.29 is 9.90 Å². The first kappa shape index (κ1) is 15.3. The maximum absolute atomic E-state index is 10.9. The van der Waals surface area contributed by atoms with Crippen LogP contribution in [0.4, 0.5) is 4.79 Å². The third-order valence-electron chi connectivity index (χ3n) is 3.79. The normalized spacial score (nSPS) is 17.2. The van der Waals surface area contributed by atoms with Crippen LogP contribution < -0.4 is 0 Å². The van der Waals surface area contributed by atoms with E-state index in [1.807, 2.05) is 18.2 Å². The molecule has 1 amide bonds. The molecule has 1 aromatic rings. The highest BCUT2D eigenvalue weighted by molar-refractivity contribution is 9.10. The van der Waals surface area contributed by atoms with Crippen molar-refractivity contribution in [3.63, 3.8) is 0 Å². The standard InChI is InChI=1S/C14H20BrN3O2/c1-14(2,10-11-4-3-5-12(15)16-11)18-8-6-17(7-9-18)13(19)20/h3-5H,6-10H2,1-2H3,(H,19,20). The van der Waals surface area contributed by atoms with Gasteiger partial charge in [0.05, 0.1) is 0 Å². The van der Waals surface area contributed by atoms with Gasteiger partial charge in [-0.2, -0.15) is 0 Å². The molecule has 0 saturated carbocycles. The summed E-state index contributed by atoms with van der Waals surface area (Å²) in [6, 6.07) is 5.94. The molecule has 1 saturated heterocycles. The van der Waals surface area contributed by atoms with Crippen molar-refractivity contribution in [3.05, 3.63) is 28.5 Å². The van der Waals surface area contributed by atoms with Crippen LogP contribution in [-0.2, 0) is 6.42 Å². The van der Waals surface area contributed by atoms with Crippen molar-refractivity contribution in [1.29, 1.82) is 0 Å². The summed E-state index contributed by atoms with van der Waals surface area (Å²) in [7, 11) is 0. The molecule has 2 heterocycles. The molecule has 110 valence electrons. The van der Waals surface area contributed by atoms with Gasteiger partial charge in [-0.15, -0.1) is 0 Å². The van der Waals surface area contributed by atoms with E-state index in [2.05, 4.69) is 39.7 Å². The van der Waals surface area contributed by atoms with Crippen molar-refractivity contribution in [2.75, 3.05) is 26.2 Å². The van der Waals surface area contributed by atoms with Crippen molar-refractivity contribution in [2.45, 2.75) is 25.8 Å². The van der Waals surface area contributed by atoms with Crippen molar-refractivity contribution in [1.82, 2.24) is 14.8 Å². The zero-order valence-electron chi connectivity index (χ0n) is 11.8. The van der Waals surface area contributed by atoms with E-state index in [9.17, 15) is 4.79 Å². The zero-order valence-corrected chi connectivity index (χ0v) is 13.4. The summed E-state index contributed by atoms with van der Waals surface area (Å²) in [6.07, 6.45) is 0.0237. The Hall–Kier alpha value is -1.14. The molecule has 2 rings (SSSR count). The Balaban J connectivity index is 1.99. The topological polar surface area (TPSA) is 56.7 Å². The van der Waals surface area contributed by atoms with Crippen LogP contribution in [0.25, 0.3) is 0 Å². The van der Waals surface area contributed by atoms with Crippen LogP contribution in [0.5, 0.6) is 0 Å². The van der Waals surface area contributed by atoms with Gasteiger partial charge in [0.1, 0.15) is 4.60 Å². The van der Waals surface area contributed by atoms with Gasteiger partial charge >= 0.3 is 6.09 Å². The van der Waals surface area contributed by atoms with Crippen LogP contribution in [0.2, 0.25) is 0 Å². The monoisotopic (exact) mass is 341 g/mol. The number of amides is 1. The van der Waals surface area contributed by atoms with Crippen molar-refractivity contribution in [2.24, 2.45) is 0 Å². The molecule has 0 spiro atoms. The summed E-state index contributed by atoms with van der Waals surface area (Å²) in [5.41, 5.74) is 1.02. The van der Waals surface area contributed by atoms with Gasteiger partial charge in [-0.1, -0.05) is 6.07 Å². The lowest BCUT2D eigenvalue weighted by atomic mass is 9.94. The third kappa shape index (κ3) is 3.70. The van der Waals surface area contributed by atoms with Crippen LogP contribution in [0.1, 0.15) is 19.5 Å². The zero-order chi connectivity index (χ0) is 14.8. The Bertz CT molecular complexity index is 485. The fraction of sp³-hybridized carbons (Fsp3) is 0.571. The molecule has 0 atom stereocenters. The van der Waals surface area contributed by atoms with Gasteiger partial charge in [0.15, 0.2) is 0 Å². The molecular weight excluding hydrogens is 322 g/mol. The maximum Gasteiger partial charge on any atom is 0.407 e. The van der Waals surface area contributed by atoms with E-state index in [-0.39, 0.29) is 5.54 Å². The highest BCUT2D eigenvalue weighted by Crippen LogP contribution is 2.22. The van der Waals surface area contributed by atoms with Gasteiger partial charge in [-0.3, -0.25) is 4.90 Å². The number of aromatic nitrogens is 1. The Kier molecular flexibility index (Phi) is 4.65. The second kappa shape index (κ2) is 6.10. The number of carboxylic acid groups (broad SMARTS) is 1. The molecule has 0 bridgehead atoms. The third-order valence-corrected chi connectivity index (χ3v) is 4.23. The second-order valence-electron chi connectivity index (χ2n) is 5.70. The lowest BCUT2D eigenvalue weighted by Gasteiger charge is -2.43. The Morgan fingerprint density at radius 2 is 2.00 bits per heavy atom. The Labute approximate surface area is 127 Å². The largest absolute Gasteiger partial charge is 0.465 e. The second-order valence-corrected chi connectivity index (χ2v) is 6.51. The number of nitrogens with zero attached hydrogens (tertiary/aromatic N) is 3. The molecule has 0 aromatic carbocycles. The predicted molar refractivity (Wildman–Crippen MR) is 80.9 cm³/mol. The smallest absolute Gasteiger partial charge is 0.407 e. The number of hydrogen-bond acceptors (Lipinski definition) is 3. The minimum atomic E-state index is -0.823. The summed E-state index contributed by atoms with van der Waals surface area (Å²) < 4.78 is 0.849. The highest BCUT2D eigenvalue weighted by Gasteiger charge is 2.31. The number of carbonyl (C=O) groups is 1. The van der Waals surface area contributed by atoms with Gasteiger partial charge in [0.25, 0.3) is 0 Å². The Morgan fingerprint density at radius 1 is 1.35 bits per heavy atom. The van der Waals surface area contributed by atoms with Crippen LogP contribution in [-0.4, -0.2) is 57.7 Å². The number of halogens is 1. The fourth-order valence-electron chi connectivity index (χ4n) is 2.61. The number of pyridine rings is 1. The summed E-state index contributed by atoms with van der Waals surface area (Å²) in [6.45, 7) is 7.06. The minimum absolute atomic E-state index is 0.0294. The van der Waals surface area contributed by atoms with E-state index in [4.69, 9.17) is 5.11 Å². The summed E-state index contributed by atoms with van der Waals surface area (Å²) in [4.78, 5) is 19.2. The molecule has 1 fully saturated rings. The van der Waals surface area contributed by atoms with Crippen LogP contribution in [0.3, 0.4) is 0 Å². The quantitative estimate of drug-likeness (QED) is 0.858. The molecule has 20 heavy (non-hydrogen) atoms. The molecule has 5 nitrogen and oxygen atoms in total. The van der Waals surface area contributed by atoms with Crippen LogP contribution in [0, 0.1) is 0 Å². The van der Waals surface area contributed by atoms with Gasteiger partial charge in [-0.05, 0) is 41.9 Å². The fourth-order valence-corrected chi connectivity index (χ4v) is 2.99. The van der Waals surface area contributed by atoms with E-state index in [0.29, 0.717) is 13.1 Å². The molecule has 0 radical (unpaired) electrons. The van der Waals surface area contributed by atoms with Crippen LogP contribution in [0.15, 0.2) is 22.8 Å². The molecule has 1 N–H and O–H groups in total. The first-order valence-electron chi connectivity index (χ1n) is 6.73. The summed E-state index contributed by atoms with van der Waals surface area (Å²) in [5.74, 6) is 0. The average Bonchev–Trinajstić information content (AvgIpc) is 2.38. The maximum atomic E-state index is 10.9. The SMILES string of the molecule is CC(C)(Cc1cccc(Br)n1)N1CCN(C(=O)O)CC1. The van der Waals surface area contributed by atoms with Gasteiger partial charge < -0.3 is 10.0 Å². The summed E-state index contributed by atoms with van der Waals surface area (Å²) in [5, 5.41) is 8.99. The molecular formula is C14H20BrN3O2. The molecule has 1 aliphatic heterocycles. The van der Waals surface area contributed by atoms with Gasteiger partial charge in [0.2, 0.25) is 0 Å². The van der Waals surface area contributed by atoms with E-state index in [1.54, 1.807) is 0 Å². The van der Waals surface area contributed by atoms with E-state index in [0.717, 1.165) is 29.8 Å². The van der Waals surface area contributed by atoms with Gasteiger partial charge in [-0.25, -0.2) is 9.78 Å². The predicted octanol–water partition coefficient (Wildman–Crippen LogP) is 2.46. The average molecular weight is 342 g/mol. The number of rotatable bonds is 3. The summed E-state index contributed by atoms with van der Waals surface area (Å²) >= 11 is 3.39. The molecule has 1 aliphatic rings. The van der Waals surface area contributed by atoms with Crippen molar-refractivity contribution >= 4 is 22.0 Å². The van der Waals surface area contributed by atoms with E-state index in [1.165, 1.54) is 4.90 Å². The number of piperazine rings is 1. The molecule has 1 aromatic heterocycles. The minimum Gasteiger partial charge on any atom is -0.465 e. The number of hydrogen-bond donors (Lipinski definition) is 1. The van der Waals surface area contributed by atoms with E-state index >= 15 is 0 Å². The molecule has 0 unspecified atom stereocenters. The lowest BCUT2D eigenvalue weighted by molar-refractivity contribution is 0.0510. The lowest BCUT2D eigenvalue weighted by Crippen LogP contribution is -2.56. The molecule has 0 aliphatic carbocycles. The Morgan fingerprint density at radius 3 is 2.55 bits per heavy atom. The van der Waals surface area contributed by atoms with Crippen molar-refractivity contribution in [3.8, 4) is 0 Å².